The summed E-state index contributed by atoms with van der Waals surface area (Å²) in [5.74, 6) is 1.08. The number of nitrogens with zero attached hydrogens (tertiary/aromatic N) is 5. The summed E-state index contributed by atoms with van der Waals surface area (Å²) in [6.45, 7) is 2.37. The Morgan fingerprint density at radius 2 is 1.56 bits per heavy atom. The van der Waals surface area contributed by atoms with Crippen molar-refractivity contribution in [1.82, 2.24) is 9.97 Å². The zero-order valence-corrected chi connectivity index (χ0v) is 22.7. The molecule has 0 unspecified atom stereocenters. The predicted octanol–water partition coefficient (Wildman–Crippen LogP) is 6.55. The molecule has 3 aromatic rings. The van der Waals surface area contributed by atoms with Gasteiger partial charge in [-0.05, 0) is 49.9 Å². The first-order valence-corrected chi connectivity index (χ1v) is 13.6. The van der Waals surface area contributed by atoms with Gasteiger partial charge in [0.1, 0.15) is 17.1 Å². The van der Waals surface area contributed by atoms with Crippen molar-refractivity contribution in [2.75, 3.05) is 41.3 Å². The monoisotopic (exact) mass is 610 g/mol. The van der Waals surface area contributed by atoms with Gasteiger partial charge in [0.05, 0.1) is 34.7 Å². The van der Waals surface area contributed by atoms with E-state index in [2.05, 4.69) is 20.2 Å². The Kier molecular flexibility index (Phi) is 8.51. The van der Waals surface area contributed by atoms with Crippen molar-refractivity contribution < 1.29 is 36.0 Å². The molecule has 43 heavy (non-hydrogen) atoms. The van der Waals surface area contributed by atoms with E-state index in [1.165, 1.54) is 12.1 Å². The van der Waals surface area contributed by atoms with Gasteiger partial charge in [0.25, 0.3) is 5.69 Å². The fourth-order valence-corrected chi connectivity index (χ4v) is 5.34. The highest BCUT2D eigenvalue weighted by molar-refractivity contribution is 5.56. The summed E-state index contributed by atoms with van der Waals surface area (Å²) >= 11 is 0. The zero-order valence-electron chi connectivity index (χ0n) is 22.7. The van der Waals surface area contributed by atoms with Crippen molar-refractivity contribution >= 4 is 22.9 Å². The van der Waals surface area contributed by atoms with Crippen LogP contribution in [0, 0.1) is 10.1 Å². The number of hydrogen-bond donors (Lipinski definition) is 1. The minimum Gasteiger partial charge on any atom is -0.489 e. The number of hydrogen-bond acceptors (Lipinski definition) is 8. The summed E-state index contributed by atoms with van der Waals surface area (Å²) in [5, 5.41) is 14.1. The van der Waals surface area contributed by atoms with Crippen LogP contribution in [0.1, 0.15) is 36.8 Å². The standard InChI is InChI=1S/C28H28F6N6O3/c29-27(30,31)18-1-8-26(36-15-18)39-11-9-38(10-12-39)21-14-23(17-35-16-21)43-22-5-2-19(3-6-22)37-20-4-7-25(40(41)42)24(13-20)28(32,33)34/h1,4,7-8,13-17,19,22,37H,2-3,5-6,9-12H2/t19-,22-. The van der Waals surface area contributed by atoms with E-state index in [-0.39, 0.29) is 17.8 Å². The SMILES string of the molecule is O=[N+]([O-])c1ccc(N[C@H]2CC[C@H](Oc3cncc(N4CCN(c5ccc(C(F)(F)F)cn5)CC4)c3)CC2)cc1C(F)(F)F. The fraction of sp³-hybridized carbons (Fsp3) is 0.429. The number of halogens is 6. The summed E-state index contributed by atoms with van der Waals surface area (Å²) in [6, 6.07) is 7.12. The molecule has 15 heteroatoms. The Hall–Kier alpha value is -4.30. The largest absolute Gasteiger partial charge is 0.489 e. The van der Waals surface area contributed by atoms with Crippen LogP contribution < -0.4 is 19.9 Å². The molecule has 9 nitrogen and oxygen atoms in total. The molecule has 1 N–H and O–H groups in total. The van der Waals surface area contributed by atoms with E-state index in [1.54, 1.807) is 12.4 Å². The molecule has 2 aliphatic rings. The predicted molar refractivity (Wildman–Crippen MR) is 146 cm³/mol. The van der Waals surface area contributed by atoms with Crippen LogP contribution in [-0.4, -0.2) is 53.2 Å². The normalized spacial score (nSPS) is 19.7. The van der Waals surface area contributed by atoms with Crippen molar-refractivity contribution in [1.29, 1.82) is 0 Å². The minimum absolute atomic E-state index is 0.109. The van der Waals surface area contributed by atoms with Crippen LogP contribution in [-0.2, 0) is 12.4 Å². The molecular weight excluding hydrogens is 582 g/mol. The van der Waals surface area contributed by atoms with Crippen molar-refractivity contribution in [3.05, 3.63) is 76.2 Å². The van der Waals surface area contributed by atoms with Crippen LogP contribution in [0.4, 0.5) is 49.2 Å². The summed E-state index contributed by atoms with van der Waals surface area (Å²) in [4.78, 5) is 22.3. The number of anilines is 3. The lowest BCUT2D eigenvalue weighted by molar-refractivity contribution is -0.388. The average molecular weight is 611 g/mol. The third kappa shape index (κ3) is 7.38. The number of nitrogens with one attached hydrogen (secondary N) is 1. The third-order valence-electron chi connectivity index (χ3n) is 7.59. The second-order valence-corrected chi connectivity index (χ2v) is 10.5. The molecule has 1 saturated heterocycles. The van der Waals surface area contributed by atoms with Crippen LogP contribution in [0.15, 0.2) is 55.0 Å². The zero-order chi connectivity index (χ0) is 30.8. The van der Waals surface area contributed by atoms with E-state index < -0.39 is 34.1 Å². The summed E-state index contributed by atoms with van der Waals surface area (Å²) in [6.07, 6.45) is -2.63. The molecule has 0 spiro atoms. The Labute approximate surface area is 242 Å². The van der Waals surface area contributed by atoms with Crippen molar-refractivity contribution in [3.63, 3.8) is 0 Å². The molecule has 1 aromatic carbocycles. The number of alkyl halides is 6. The van der Waals surface area contributed by atoms with Gasteiger partial charge in [-0.25, -0.2) is 4.98 Å². The van der Waals surface area contributed by atoms with Crippen LogP contribution >= 0.6 is 0 Å². The molecule has 5 rings (SSSR count). The maximum absolute atomic E-state index is 13.3. The van der Waals surface area contributed by atoms with Crippen LogP contribution in [0.25, 0.3) is 0 Å². The maximum Gasteiger partial charge on any atom is 0.423 e. The molecule has 0 amide bonds. The smallest absolute Gasteiger partial charge is 0.423 e. The molecule has 0 bridgehead atoms. The van der Waals surface area contributed by atoms with E-state index in [9.17, 15) is 36.5 Å². The molecule has 2 aromatic heterocycles. The van der Waals surface area contributed by atoms with E-state index in [1.807, 2.05) is 11.0 Å². The summed E-state index contributed by atoms with van der Waals surface area (Å²) in [7, 11) is 0. The number of ether oxygens (including phenoxy) is 1. The molecule has 3 heterocycles. The first-order chi connectivity index (χ1) is 20.4. The molecular formula is C28H28F6N6O3. The highest BCUT2D eigenvalue weighted by atomic mass is 19.4. The third-order valence-corrected chi connectivity index (χ3v) is 7.59. The van der Waals surface area contributed by atoms with Crippen LogP contribution in [0.3, 0.4) is 0 Å². The van der Waals surface area contributed by atoms with Gasteiger partial charge in [-0.2, -0.15) is 26.3 Å². The van der Waals surface area contributed by atoms with Gasteiger partial charge < -0.3 is 19.9 Å². The van der Waals surface area contributed by atoms with E-state index in [4.69, 9.17) is 4.74 Å². The number of benzene rings is 1. The Bertz CT molecular complexity index is 1420. The average Bonchev–Trinajstić information content (AvgIpc) is 2.97. The second kappa shape index (κ2) is 12.1. The first kappa shape index (κ1) is 30.2. The van der Waals surface area contributed by atoms with Crippen molar-refractivity contribution in [2.24, 2.45) is 0 Å². The number of piperazine rings is 1. The van der Waals surface area contributed by atoms with Gasteiger partial charge in [-0.15, -0.1) is 0 Å². The molecule has 2 fully saturated rings. The van der Waals surface area contributed by atoms with Gasteiger partial charge in [0, 0.05) is 56.2 Å². The van der Waals surface area contributed by atoms with Crippen LogP contribution in [0.2, 0.25) is 0 Å². The first-order valence-electron chi connectivity index (χ1n) is 13.6. The fourth-order valence-electron chi connectivity index (χ4n) is 5.34. The number of nitro benzene ring substituents is 1. The lowest BCUT2D eigenvalue weighted by Gasteiger charge is -2.36. The van der Waals surface area contributed by atoms with Gasteiger partial charge in [-0.3, -0.25) is 15.1 Å². The Morgan fingerprint density at radius 1 is 0.860 bits per heavy atom. The molecule has 0 atom stereocenters. The summed E-state index contributed by atoms with van der Waals surface area (Å²) < 4.78 is 84.6. The van der Waals surface area contributed by atoms with Gasteiger partial charge in [0.15, 0.2) is 0 Å². The Morgan fingerprint density at radius 3 is 2.16 bits per heavy atom. The molecule has 1 aliphatic heterocycles. The van der Waals surface area contributed by atoms with Crippen molar-refractivity contribution in [3.8, 4) is 5.75 Å². The molecule has 1 aliphatic carbocycles. The highest BCUT2D eigenvalue weighted by Crippen LogP contribution is 2.38. The number of rotatable bonds is 7. The topological polar surface area (TPSA) is 96.7 Å². The van der Waals surface area contributed by atoms with Crippen molar-refractivity contribution in [2.45, 2.75) is 50.2 Å². The summed E-state index contributed by atoms with van der Waals surface area (Å²) in [5.41, 5.74) is -2.03. The van der Waals surface area contributed by atoms with Gasteiger partial charge in [0.2, 0.25) is 0 Å². The quantitative estimate of drug-likeness (QED) is 0.183. The molecule has 230 valence electrons. The van der Waals surface area contributed by atoms with Crippen LogP contribution in [0.5, 0.6) is 5.75 Å². The van der Waals surface area contributed by atoms with Gasteiger partial charge in [-0.1, -0.05) is 0 Å². The second-order valence-electron chi connectivity index (χ2n) is 10.5. The van der Waals surface area contributed by atoms with Gasteiger partial charge >= 0.3 is 12.4 Å². The maximum atomic E-state index is 13.3. The molecule has 0 radical (unpaired) electrons. The number of pyridine rings is 2. The number of aromatic nitrogens is 2. The number of nitro groups is 1. The molecule has 1 saturated carbocycles. The van der Waals surface area contributed by atoms with E-state index in [0.29, 0.717) is 63.4 Å². The van der Waals surface area contributed by atoms with E-state index >= 15 is 0 Å². The Balaban J connectivity index is 1.12. The lowest BCUT2D eigenvalue weighted by atomic mass is 9.92. The lowest BCUT2D eigenvalue weighted by Crippen LogP contribution is -2.46. The van der Waals surface area contributed by atoms with E-state index in [0.717, 1.165) is 30.1 Å². The highest BCUT2D eigenvalue weighted by Gasteiger charge is 2.38. The minimum atomic E-state index is -4.84.